The number of benzene rings is 2. The second-order valence-corrected chi connectivity index (χ2v) is 6.94. The number of nitrogens with zero attached hydrogens (tertiary/aromatic N) is 1. The van der Waals surface area contributed by atoms with Crippen LogP contribution in [0.5, 0.6) is 0 Å². The van der Waals surface area contributed by atoms with Crippen LogP contribution in [0.25, 0.3) is 0 Å². The summed E-state index contributed by atoms with van der Waals surface area (Å²) in [6.45, 7) is 7.22. The number of hydrogen-bond donors (Lipinski definition) is 2. The van der Waals surface area contributed by atoms with E-state index in [1.54, 1.807) is 51.1 Å². The van der Waals surface area contributed by atoms with Gasteiger partial charge in [-0.2, -0.15) is 0 Å². The third kappa shape index (κ3) is 4.38. The number of anilines is 1. The Bertz CT molecular complexity index is 751. The molecule has 0 bridgehead atoms. The van der Waals surface area contributed by atoms with Crippen LogP contribution < -0.4 is 5.32 Å². The molecule has 2 amide bonds. The first-order valence-corrected chi connectivity index (χ1v) is 8.15. The average Bonchev–Trinajstić information content (AvgIpc) is 2.53. The van der Waals surface area contributed by atoms with Crippen molar-refractivity contribution < 1.29 is 14.7 Å². The molecule has 5 nitrogen and oxygen atoms in total. The van der Waals surface area contributed by atoms with Crippen LogP contribution in [-0.4, -0.2) is 27.5 Å². The Hall–Kier alpha value is -2.82. The molecule has 2 rings (SSSR count). The van der Waals surface area contributed by atoms with Gasteiger partial charge in [-0.15, -0.1) is 0 Å². The number of hydrogen-bond acceptors (Lipinski definition) is 2. The molecule has 2 aromatic carbocycles. The van der Waals surface area contributed by atoms with E-state index in [0.717, 1.165) is 5.56 Å². The van der Waals surface area contributed by atoms with Crippen LogP contribution in [0.4, 0.5) is 10.5 Å². The standard InChI is InChI=1S/C20H24N2O3/c1-14-10-8-9-13-16(14)21-18(23)17(15-11-6-5-7-12-15)22(19(24)25)20(2,3)4/h5-13,17H,1-4H3,(H,21,23)(H,24,25). The fraction of sp³-hybridized carbons (Fsp3) is 0.300. The molecule has 5 heteroatoms. The Morgan fingerprint density at radius 3 is 2.08 bits per heavy atom. The maximum absolute atomic E-state index is 13.0. The summed E-state index contributed by atoms with van der Waals surface area (Å²) in [6.07, 6.45) is -1.14. The van der Waals surface area contributed by atoms with Crippen LogP contribution in [0.1, 0.15) is 37.9 Å². The summed E-state index contributed by atoms with van der Waals surface area (Å²) in [5.41, 5.74) is 1.48. The predicted octanol–water partition coefficient (Wildman–Crippen LogP) is 4.45. The average molecular weight is 340 g/mol. The van der Waals surface area contributed by atoms with E-state index in [4.69, 9.17) is 0 Å². The Kier molecular flexibility index (Phi) is 5.47. The Labute approximate surface area is 148 Å². The van der Waals surface area contributed by atoms with E-state index >= 15 is 0 Å². The Morgan fingerprint density at radius 2 is 1.56 bits per heavy atom. The van der Waals surface area contributed by atoms with Gasteiger partial charge >= 0.3 is 6.09 Å². The van der Waals surface area contributed by atoms with Gasteiger partial charge in [-0.25, -0.2) is 4.79 Å². The minimum absolute atomic E-state index is 0.377. The van der Waals surface area contributed by atoms with Crippen LogP contribution in [0.2, 0.25) is 0 Å². The maximum atomic E-state index is 13.0. The van der Waals surface area contributed by atoms with Gasteiger partial charge in [0.15, 0.2) is 0 Å². The normalized spacial score (nSPS) is 12.3. The van der Waals surface area contributed by atoms with Gasteiger partial charge in [-0.05, 0) is 44.9 Å². The van der Waals surface area contributed by atoms with Gasteiger partial charge < -0.3 is 10.4 Å². The highest BCUT2D eigenvalue weighted by Gasteiger charge is 2.38. The van der Waals surface area contributed by atoms with E-state index in [2.05, 4.69) is 5.32 Å². The van der Waals surface area contributed by atoms with Crippen molar-refractivity contribution in [1.82, 2.24) is 4.90 Å². The third-order valence-corrected chi connectivity index (χ3v) is 3.95. The molecule has 0 heterocycles. The van der Waals surface area contributed by atoms with Crippen LogP contribution in [0, 0.1) is 6.92 Å². The largest absolute Gasteiger partial charge is 0.465 e. The number of rotatable bonds is 4. The van der Waals surface area contributed by atoms with Gasteiger partial charge in [0.25, 0.3) is 5.91 Å². The lowest BCUT2D eigenvalue weighted by atomic mass is 9.97. The SMILES string of the molecule is Cc1ccccc1NC(=O)C(c1ccccc1)N(C(=O)O)C(C)(C)C. The zero-order chi connectivity index (χ0) is 18.6. The molecule has 0 radical (unpaired) electrons. The highest BCUT2D eigenvalue weighted by molar-refractivity contribution is 5.97. The van der Waals surface area contributed by atoms with Crippen LogP contribution in [0.3, 0.4) is 0 Å². The van der Waals surface area contributed by atoms with Crippen molar-refractivity contribution in [2.75, 3.05) is 5.32 Å². The van der Waals surface area contributed by atoms with Gasteiger partial charge in [0.1, 0.15) is 6.04 Å². The summed E-state index contributed by atoms with van der Waals surface area (Å²) in [5, 5.41) is 12.6. The zero-order valence-corrected chi connectivity index (χ0v) is 15.0. The fourth-order valence-corrected chi connectivity index (χ4v) is 2.75. The topological polar surface area (TPSA) is 69.6 Å². The first kappa shape index (κ1) is 18.5. The second kappa shape index (κ2) is 7.38. The van der Waals surface area contributed by atoms with Crippen molar-refractivity contribution in [2.24, 2.45) is 0 Å². The summed E-state index contributed by atoms with van der Waals surface area (Å²) >= 11 is 0. The quantitative estimate of drug-likeness (QED) is 0.863. The molecule has 25 heavy (non-hydrogen) atoms. The summed E-state index contributed by atoms with van der Waals surface area (Å²) in [7, 11) is 0. The van der Waals surface area contributed by atoms with Crippen LogP contribution in [-0.2, 0) is 4.79 Å². The van der Waals surface area contributed by atoms with Crippen molar-refractivity contribution in [3.8, 4) is 0 Å². The van der Waals surface area contributed by atoms with Crippen molar-refractivity contribution in [3.63, 3.8) is 0 Å². The third-order valence-electron chi connectivity index (χ3n) is 3.95. The van der Waals surface area contributed by atoms with Crippen molar-refractivity contribution in [2.45, 2.75) is 39.3 Å². The number of aryl methyl sites for hydroxylation is 1. The maximum Gasteiger partial charge on any atom is 0.408 e. The van der Waals surface area contributed by atoms with E-state index < -0.39 is 17.7 Å². The first-order chi connectivity index (χ1) is 11.7. The molecule has 0 fully saturated rings. The molecular weight excluding hydrogens is 316 g/mol. The highest BCUT2D eigenvalue weighted by Crippen LogP contribution is 2.30. The number of para-hydroxylation sites is 1. The van der Waals surface area contributed by atoms with Gasteiger partial charge in [0.2, 0.25) is 0 Å². The van der Waals surface area contributed by atoms with Crippen molar-refractivity contribution in [1.29, 1.82) is 0 Å². The van der Waals surface area contributed by atoms with Gasteiger partial charge in [-0.3, -0.25) is 9.69 Å². The molecular formula is C20H24N2O3. The highest BCUT2D eigenvalue weighted by atomic mass is 16.4. The molecule has 0 aliphatic heterocycles. The molecule has 2 N–H and O–H groups in total. The first-order valence-electron chi connectivity index (χ1n) is 8.15. The molecule has 0 aromatic heterocycles. The number of carbonyl (C=O) groups is 2. The van der Waals surface area contributed by atoms with Crippen LogP contribution in [0.15, 0.2) is 54.6 Å². The van der Waals surface area contributed by atoms with E-state index in [1.807, 2.05) is 31.2 Å². The lowest BCUT2D eigenvalue weighted by Gasteiger charge is -2.39. The Balaban J connectivity index is 2.46. The molecule has 0 aliphatic rings. The predicted molar refractivity (Wildman–Crippen MR) is 98.6 cm³/mol. The minimum Gasteiger partial charge on any atom is -0.465 e. The molecule has 0 saturated heterocycles. The molecule has 2 aromatic rings. The van der Waals surface area contributed by atoms with Gasteiger partial charge in [0.05, 0.1) is 0 Å². The zero-order valence-electron chi connectivity index (χ0n) is 15.0. The number of amides is 2. The molecule has 0 saturated carbocycles. The van der Waals surface area contributed by atoms with E-state index in [-0.39, 0.29) is 5.91 Å². The monoisotopic (exact) mass is 340 g/mol. The minimum atomic E-state index is -1.14. The van der Waals surface area contributed by atoms with E-state index in [0.29, 0.717) is 11.3 Å². The lowest BCUT2D eigenvalue weighted by Crippen LogP contribution is -2.50. The fourth-order valence-electron chi connectivity index (χ4n) is 2.75. The number of carboxylic acid groups (broad SMARTS) is 1. The van der Waals surface area contributed by atoms with E-state index in [1.165, 1.54) is 4.90 Å². The molecule has 0 spiro atoms. The molecule has 132 valence electrons. The molecule has 1 unspecified atom stereocenters. The molecule has 0 aliphatic carbocycles. The number of carbonyl (C=O) groups excluding carboxylic acids is 1. The van der Waals surface area contributed by atoms with Gasteiger partial charge in [0, 0.05) is 11.2 Å². The van der Waals surface area contributed by atoms with E-state index in [9.17, 15) is 14.7 Å². The molecule has 1 atom stereocenters. The summed E-state index contributed by atoms with van der Waals surface area (Å²) in [5.74, 6) is -0.377. The summed E-state index contributed by atoms with van der Waals surface area (Å²) in [6, 6.07) is 15.4. The van der Waals surface area contributed by atoms with Crippen LogP contribution >= 0.6 is 0 Å². The Morgan fingerprint density at radius 1 is 1.00 bits per heavy atom. The van der Waals surface area contributed by atoms with Crippen molar-refractivity contribution >= 4 is 17.7 Å². The summed E-state index contributed by atoms with van der Waals surface area (Å²) < 4.78 is 0. The smallest absolute Gasteiger partial charge is 0.408 e. The van der Waals surface area contributed by atoms with Crippen molar-refractivity contribution in [3.05, 3.63) is 65.7 Å². The summed E-state index contributed by atoms with van der Waals surface area (Å²) in [4.78, 5) is 26.2. The lowest BCUT2D eigenvalue weighted by molar-refractivity contribution is -0.122. The second-order valence-electron chi connectivity index (χ2n) is 6.94. The van der Waals surface area contributed by atoms with Gasteiger partial charge in [-0.1, -0.05) is 48.5 Å². The number of nitrogens with one attached hydrogen (secondary N) is 1.